The van der Waals surface area contributed by atoms with Crippen molar-refractivity contribution in [3.8, 4) is 5.75 Å². The maximum absolute atomic E-state index is 13.5. The molecule has 0 saturated heterocycles. The Bertz CT molecular complexity index is 1440. The van der Waals surface area contributed by atoms with Crippen molar-refractivity contribution < 1.29 is 9.53 Å². The minimum atomic E-state index is -0.178. The van der Waals surface area contributed by atoms with Gasteiger partial charge in [-0.3, -0.25) is 4.79 Å². The molecule has 4 aromatic rings. The summed E-state index contributed by atoms with van der Waals surface area (Å²) in [5.74, 6) is 0.517. The van der Waals surface area contributed by atoms with Gasteiger partial charge < -0.3 is 4.74 Å². The molecule has 7 heteroatoms. The van der Waals surface area contributed by atoms with E-state index in [9.17, 15) is 4.79 Å². The molecule has 0 spiro atoms. The van der Waals surface area contributed by atoms with Gasteiger partial charge in [0, 0.05) is 10.0 Å². The third-order valence-corrected chi connectivity index (χ3v) is 7.26. The Labute approximate surface area is 234 Å². The Hall–Kier alpha value is -3.00. The van der Waals surface area contributed by atoms with Crippen LogP contribution in [0, 0.1) is 0 Å². The van der Waals surface area contributed by atoms with Gasteiger partial charge in [0.05, 0.1) is 20.2 Å². The van der Waals surface area contributed by atoms with Crippen molar-refractivity contribution in [1.29, 1.82) is 0 Å². The molecule has 0 radical (unpaired) electrons. The van der Waals surface area contributed by atoms with E-state index < -0.39 is 0 Å². The quantitative estimate of drug-likeness (QED) is 0.194. The van der Waals surface area contributed by atoms with Crippen molar-refractivity contribution in [3.63, 3.8) is 0 Å². The fraction of sp³-hybridized carbons (Fsp3) is 0.0345. The van der Waals surface area contributed by atoms with E-state index in [2.05, 4.69) is 47.8 Å². The summed E-state index contributed by atoms with van der Waals surface area (Å²) in [6.45, 7) is 0.431. The largest absolute Gasteiger partial charge is 0.487 e. The molecule has 1 aliphatic rings. The first-order chi connectivity index (χ1) is 17.5. The zero-order chi connectivity index (χ0) is 25.1. The average Bonchev–Trinajstić information content (AvgIpc) is 3.21. The molecule has 4 aromatic carbocycles. The van der Waals surface area contributed by atoms with Crippen LogP contribution in [0.2, 0.25) is 0 Å². The summed E-state index contributed by atoms with van der Waals surface area (Å²) in [6, 6.07) is 31.1. The van der Waals surface area contributed by atoms with Crippen LogP contribution in [0.5, 0.6) is 5.75 Å². The second-order valence-electron chi connectivity index (χ2n) is 8.05. The van der Waals surface area contributed by atoms with Gasteiger partial charge in [-0.2, -0.15) is 10.1 Å². The van der Waals surface area contributed by atoms with Gasteiger partial charge in [-0.15, -0.1) is 0 Å². The number of hydrogen-bond acceptors (Lipinski definition) is 3. The van der Waals surface area contributed by atoms with Crippen molar-refractivity contribution in [2.24, 2.45) is 5.10 Å². The zero-order valence-electron chi connectivity index (χ0n) is 18.9. The molecule has 36 heavy (non-hydrogen) atoms. The van der Waals surface area contributed by atoms with E-state index in [0.29, 0.717) is 23.6 Å². The molecule has 0 bridgehead atoms. The lowest BCUT2D eigenvalue weighted by Gasteiger charge is -2.12. The molecule has 0 aliphatic carbocycles. The van der Waals surface area contributed by atoms with Crippen molar-refractivity contribution in [1.82, 2.24) is 0 Å². The number of halogens is 3. The minimum Gasteiger partial charge on any atom is -0.487 e. The van der Waals surface area contributed by atoms with Gasteiger partial charge in [-0.1, -0.05) is 76.6 Å². The van der Waals surface area contributed by atoms with E-state index in [-0.39, 0.29) is 5.91 Å². The summed E-state index contributed by atoms with van der Waals surface area (Å²) in [5.41, 5.74) is 4.65. The SMILES string of the molecule is O=C1/C(=C\c2cc(Br)c(OCc3ccc(Br)cc3)c(Br)c2)C(c2ccccc2)=NN1c1ccccc1. The zero-order valence-corrected chi connectivity index (χ0v) is 23.6. The van der Waals surface area contributed by atoms with Crippen LogP contribution in [-0.4, -0.2) is 11.6 Å². The van der Waals surface area contributed by atoms with E-state index in [0.717, 1.165) is 35.8 Å². The molecule has 178 valence electrons. The van der Waals surface area contributed by atoms with Crippen LogP contribution in [0.15, 0.2) is 121 Å². The number of hydrazone groups is 1. The topological polar surface area (TPSA) is 41.9 Å². The summed E-state index contributed by atoms with van der Waals surface area (Å²) >= 11 is 10.7. The number of anilines is 1. The van der Waals surface area contributed by atoms with Gasteiger partial charge in [-0.05, 0) is 85.5 Å². The molecule has 0 atom stereocenters. The Balaban J connectivity index is 1.47. The lowest BCUT2D eigenvalue weighted by molar-refractivity contribution is -0.114. The van der Waals surface area contributed by atoms with Crippen LogP contribution < -0.4 is 9.75 Å². The number of carbonyl (C=O) groups is 1. The minimum absolute atomic E-state index is 0.178. The van der Waals surface area contributed by atoms with Crippen molar-refractivity contribution >= 4 is 71.2 Å². The predicted octanol–water partition coefficient (Wildman–Crippen LogP) is 8.39. The summed E-state index contributed by atoms with van der Waals surface area (Å²) in [5, 5.41) is 6.15. The Kier molecular flexibility index (Phi) is 7.51. The fourth-order valence-corrected chi connectivity index (χ4v) is 5.52. The van der Waals surface area contributed by atoms with Crippen LogP contribution in [-0.2, 0) is 11.4 Å². The highest BCUT2D eigenvalue weighted by atomic mass is 79.9. The number of nitrogens with zero attached hydrogens (tertiary/aromatic N) is 2. The molecule has 1 heterocycles. The Morgan fingerprint density at radius 3 is 2.06 bits per heavy atom. The number of amides is 1. The summed E-state index contributed by atoms with van der Waals surface area (Å²) < 4.78 is 8.66. The smallest absolute Gasteiger partial charge is 0.281 e. The summed E-state index contributed by atoms with van der Waals surface area (Å²) in [4.78, 5) is 13.5. The molecule has 0 N–H and O–H groups in total. The number of para-hydroxylation sites is 1. The highest BCUT2D eigenvalue weighted by Gasteiger charge is 2.32. The standard InChI is InChI=1S/C29H19Br3N2O2/c30-22-13-11-19(12-14-22)18-36-28-25(31)16-20(17-26(28)32)15-24-27(21-7-3-1-4-8-21)33-34(29(24)35)23-9-5-2-6-10-23/h1-17H,18H2/b24-15-. The van der Waals surface area contributed by atoms with Gasteiger partial charge in [0.2, 0.25) is 0 Å². The lowest BCUT2D eigenvalue weighted by atomic mass is 10.0. The Morgan fingerprint density at radius 1 is 0.806 bits per heavy atom. The van der Waals surface area contributed by atoms with E-state index in [1.807, 2.05) is 103 Å². The molecular formula is C29H19Br3N2O2. The molecule has 5 rings (SSSR count). The number of rotatable bonds is 6. The molecule has 1 aliphatic heterocycles. The summed E-state index contributed by atoms with van der Waals surface area (Å²) in [7, 11) is 0. The van der Waals surface area contributed by atoms with Gasteiger partial charge in [0.25, 0.3) is 5.91 Å². The first-order valence-electron chi connectivity index (χ1n) is 11.1. The van der Waals surface area contributed by atoms with Crippen LogP contribution in [0.4, 0.5) is 5.69 Å². The van der Waals surface area contributed by atoms with Crippen molar-refractivity contribution in [2.45, 2.75) is 6.61 Å². The van der Waals surface area contributed by atoms with Crippen molar-refractivity contribution in [3.05, 3.63) is 133 Å². The Morgan fingerprint density at radius 2 is 1.42 bits per heavy atom. The van der Waals surface area contributed by atoms with Crippen LogP contribution in [0.3, 0.4) is 0 Å². The molecule has 0 saturated carbocycles. The highest BCUT2D eigenvalue weighted by Crippen LogP contribution is 2.37. The molecule has 1 amide bonds. The first-order valence-corrected chi connectivity index (χ1v) is 13.5. The van der Waals surface area contributed by atoms with Crippen LogP contribution in [0.25, 0.3) is 6.08 Å². The fourth-order valence-electron chi connectivity index (χ4n) is 3.80. The molecule has 4 nitrogen and oxygen atoms in total. The second kappa shape index (κ2) is 10.9. The predicted molar refractivity (Wildman–Crippen MR) is 155 cm³/mol. The molecular weight excluding hydrogens is 648 g/mol. The number of hydrogen-bond donors (Lipinski definition) is 0. The van der Waals surface area contributed by atoms with Gasteiger partial charge in [0.1, 0.15) is 18.1 Å². The van der Waals surface area contributed by atoms with Gasteiger partial charge >= 0.3 is 0 Å². The van der Waals surface area contributed by atoms with E-state index >= 15 is 0 Å². The van der Waals surface area contributed by atoms with Gasteiger partial charge in [-0.25, -0.2) is 0 Å². The highest BCUT2D eigenvalue weighted by molar-refractivity contribution is 9.11. The number of carbonyl (C=O) groups excluding carboxylic acids is 1. The monoisotopic (exact) mass is 664 g/mol. The third-order valence-electron chi connectivity index (χ3n) is 5.55. The van der Waals surface area contributed by atoms with Crippen molar-refractivity contribution in [2.75, 3.05) is 5.01 Å². The second-order valence-corrected chi connectivity index (χ2v) is 10.7. The third kappa shape index (κ3) is 5.38. The number of benzene rings is 4. The molecule has 0 aromatic heterocycles. The lowest BCUT2D eigenvalue weighted by Crippen LogP contribution is -2.21. The van der Waals surface area contributed by atoms with Crippen LogP contribution in [0.1, 0.15) is 16.7 Å². The first kappa shape index (κ1) is 24.7. The van der Waals surface area contributed by atoms with Crippen LogP contribution >= 0.6 is 47.8 Å². The normalized spacial score (nSPS) is 14.3. The molecule has 0 unspecified atom stereocenters. The van der Waals surface area contributed by atoms with E-state index in [1.165, 1.54) is 5.01 Å². The maximum Gasteiger partial charge on any atom is 0.281 e. The molecule has 0 fully saturated rings. The van der Waals surface area contributed by atoms with E-state index in [4.69, 9.17) is 9.84 Å². The number of ether oxygens (including phenoxy) is 1. The average molecular weight is 667 g/mol. The van der Waals surface area contributed by atoms with Gasteiger partial charge in [0.15, 0.2) is 0 Å². The summed E-state index contributed by atoms with van der Waals surface area (Å²) in [6.07, 6.45) is 1.87. The van der Waals surface area contributed by atoms with E-state index in [1.54, 1.807) is 0 Å². The maximum atomic E-state index is 13.5.